The summed E-state index contributed by atoms with van der Waals surface area (Å²) in [6.45, 7) is 3.94. The van der Waals surface area contributed by atoms with Crippen molar-refractivity contribution in [3.63, 3.8) is 0 Å². The quantitative estimate of drug-likeness (QED) is 0.647. The standard InChI is InChI=1S/C18H22N6/c1-3-16(18(21-2)13(7-19)8-20)12-4-5-17(22-9-12)24-10-14-6-15(11-24)23-14/h3-5,7,9,14-15,23H,6,10-11,19H2,1-2H3/b13-7?,16-3-,21-18?. The molecule has 3 saturated heterocycles. The number of nitrogens with one attached hydrogen (secondary N) is 1. The van der Waals surface area contributed by atoms with Gasteiger partial charge >= 0.3 is 0 Å². The van der Waals surface area contributed by atoms with Crippen LogP contribution in [0.4, 0.5) is 5.82 Å². The lowest BCUT2D eigenvalue weighted by molar-refractivity contribution is 0.225. The lowest BCUT2D eigenvalue weighted by Crippen LogP contribution is -2.67. The number of hydrogen-bond acceptors (Lipinski definition) is 6. The average Bonchev–Trinajstić information content (AvgIpc) is 2.62. The number of fused-ring (bicyclic) bond motifs is 2. The number of nitriles is 1. The average molecular weight is 322 g/mol. The molecule has 6 heteroatoms. The highest BCUT2D eigenvalue weighted by molar-refractivity contribution is 6.33. The van der Waals surface area contributed by atoms with E-state index in [0.717, 1.165) is 30.0 Å². The number of pyridine rings is 1. The van der Waals surface area contributed by atoms with Crippen molar-refractivity contribution in [2.24, 2.45) is 10.7 Å². The Labute approximate surface area is 142 Å². The van der Waals surface area contributed by atoms with Crippen molar-refractivity contribution in [3.05, 3.63) is 41.7 Å². The van der Waals surface area contributed by atoms with E-state index in [0.29, 0.717) is 23.4 Å². The molecule has 3 aliphatic rings. The molecule has 2 bridgehead atoms. The van der Waals surface area contributed by atoms with Crippen molar-refractivity contribution >= 4 is 17.1 Å². The maximum atomic E-state index is 9.23. The molecule has 0 aromatic carbocycles. The minimum Gasteiger partial charge on any atom is -0.403 e. The van der Waals surface area contributed by atoms with Gasteiger partial charge in [-0.2, -0.15) is 5.26 Å². The van der Waals surface area contributed by atoms with E-state index in [2.05, 4.69) is 26.3 Å². The molecule has 2 atom stereocenters. The number of anilines is 1. The van der Waals surface area contributed by atoms with Gasteiger partial charge in [0.2, 0.25) is 0 Å². The van der Waals surface area contributed by atoms with Crippen LogP contribution < -0.4 is 16.0 Å². The molecule has 4 rings (SSSR count). The third-order valence-electron chi connectivity index (χ3n) is 4.61. The molecule has 3 aliphatic heterocycles. The first-order valence-corrected chi connectivity index (χ1v) is 8.13. The maximum Gasteiger partial charge on any atom is 0.128 e. The van der Waals surface area contributed by atoms with Crippen molar-refractivity contribution in [2.75, 3.05) is 25.0 Å². The number of piperazine rings is 1. The van der Waals surface area contributed by atoms with E-state index in [-0.39, 0.29) is 0 Å². The zero-order valence-corrected chi connectivity index (χ0v) is 14.0. The van der Waals surface area contributed by atoms with E-state index < -0.39 is 0 Å². The summed E-state index contributed by atoms with van der Waals surface area (Å²) in [5, 5.41) is 12.8. The van der Waals surface area contributed by atoms with Crippen LogP contribution in [0.2, 0.25) is 0 Å². The number of aliphatic imine (C=N–C) groups is 1. The fraction of sp³-hybridized carbons (Fsp3) is 0.389. The Balaban J connectivity index is 1.82. The second-order valence-corrected chi connectivity index (χ2v) is 6.07. The zero-order valence-electron chi connectivity index (χ0n) is 14.0. The molecule has 0 aliphatic carbocycles. The van der Waals surface area contributed by atoms with Crippen molar-refractivity contribution in [3.8, 4) is 6.07 Å². The Morgan fingerprint density at radius 2 is 2.17 bits per heavy atom. The molecule has 4 heterocycles. The first-order valence-electron chi connectivity index (χ1n) is 8.13. The SMILES string of the molecule is C/C=C(\C(=NC)C(C#N)=CN)c1ccc(N2CC3CC(C2)N3)nc1. The highest BCUT2D eigenvalue weighted by Crippen LogP contribution is 2.26. The Bertz CT molecular complexity index is 722. The lowest BCUT2D eigenvalue weighted by atomic mass is 9.91. The molecule has 0 amide bonds. The first kappa shape index (κ1) is 16.2. The van der Waals surface area contributed by atoms with Crippen LogP contribution in [-0.4, -0.2) is 42.9 Å². The molecule has 0 radical (unpaired) electrons. The summed E-state index contributed by atoms with van der Waals surface area (Å²) in [6.07, 6.45) is 6.34. The van der Waals surface area contributed by atoms with Crippen LogP contribution in [0.15, 0.2) is 41.2 Å². The molecule has 24 heavy (non-hydrogen) atoms. The van der Waals surface area contributed by atoms with E-state index in [1.165, 1.54) is 12.6 Å². The number of aromatic nitrogens is 1. The molecular weight excluding hydrogens is 300 g/mol. The van der Waals surface area contributed by atoms with Gasteiger partial charge in [-0.05, 0) is 25.5 Å². The minimum absolute atomic E-state index is 0.358. The van der Waals surface area contributed by atoms with E-state index in [1.807, 2.05) is 31.3 Å². The van der Waals surface area contributed by atoms with Crippen molar-refractivity contribution in [1.82, 2.24) is 10.3 Å². The van der Waals surface area contributed by atoms with Crippen LogP contribution in [0, 0.1) is 11.3 Å². The second kappa shape index (κ2) is 6.85. The molecule has 2 unspecified atom stereocenters. The molecule has 0 spiro atoms. The summed E-state index contributed by atoms with van der Waals surface area (Å²) < 4.78 is 0. The van der Waals surface area contributed by atoms with Crippen LogP contribution >= 0.6 is 0 Å². The number of nitrogens with two attached hydrogens (primary N) is 1. The summed E-state index contributed by atoms with van der Waals surface area (Å²) >= 11 is 0. The van der Waals surface area contributed by atoms with E-state index in [9.17, 15) is 5.26 Å². The zero-order chi connectivity index (χ0) is 17.1. The predicted octanol–water partition coefficient (Wildman–Crippen LogP) is 1.47. The summed E-state index contributed by atoms with van der Waals surface area (Å²) in [7, 11) is 1.66. The number of hydrogen-bond donors (Lipinski definition) is 2. The van der Waals surface area contributed by atoms with Gasteiger partial charge in [0.15, 0.2) is 0 Å². The number of nitrogens with zero attached hydrogens (tertiary/aromatic N) is 4. The van der Waals surface area contributed by atoms with Crippen molar-refractivity contribution in [2.45, 2.75) is 25.4 Å². The van der Waals surface area contributed by atoms with Crippen molar-refractivity contribution in [1.29, 1.82) is 5.26 Å². The molecule has 124 valence electrons. The van der Waals surface area contributed by atoms with Gasteiger partial charge in [-0.15, -0.1) is 0 Å². The summed E-state index contributed by atoms with van der Waals surface area (Å²) in [4.78, 5) is 11.2. The maximum absolute atomic E-state index is 9.23. The number of piperidine rings is 1. The van der Waals surface area contributed by atoms with Crippen molar-refractivity contribution < 1.29 is 0 Å². The molecule has 1 aromatic rings. The highest BCUT2D eigenvalue weighted by Gasteiger charge is 2.36. The second-order valence-electron chi connectivity index (χ2n) is 6.07. The van der Waals surface area contributed by atoms with Gasteiger partial charge in [0, 0.05) is 55.8 Å². The van der Waals surface area contributed by atoms with E-state index >= 15 is 0 Å². The van der Waals surface area contributed by atoms with Crippen LogP contribution in [0.1, 0.15) is 18.9 Å². The molecular formula is C18H22N6. The van der Waals surface area contributed by atoms with E-state index in [1.54, 1.807) is 7.05 Å². The van der Waals surface area contributed by atoms with Gasteiger partial charge in [0.05, 0.1) is 11.3 Å². The largest absolute Gasteiger partial charge is 0.403 e. The summed E-state index contributed by atoms with van der Waals surface area (Å²) in [5.41, 5.74) is 8.28. The first-order chi connectivity index (χ1) is 11.7. The molecule has 3 fully saturated rings. The highest BCUT2D eigenvalue weighted by atomic mass is 15.3. The van der Waals surface area contributed by atoms with Crippen LogP contribution in [0.5, 0.6) is 0 Å². The van der Waals surface area contributed by atoms with Crippen LogP contribution in [0.25, 0.3) is 5.57 Å². The fourth-order valence-corrected chi connectivity index (χ4v) is 3.43. The van der Waals surface area contributed by atoms with Gasteiger partial charge in [-0.25, -0.2) is 4.98 Å². The summed E-state index contributed by atoms with van der Waals surface area (Å²) in [6, 6.07) is 7.36. The van der Waals surface area contributed by atoms with Gasteiger partial charge in [0.1, 0.15) is 11.9 Å². The van der Waals surface area contributed by atoms with Gasteiger partial charge in [0.25, 0.3) is 0 Å². The normalized spacial score (nSPS) is 24.4. The van der Waals surface area contributed by atoms with Gasteiger partial charge in [-0.3, -0.25) is 4.99 Å². The Morgan fingerprint density at radius 3 is 2.62 bits per heavy atom. The Morgan fingerprint density at radius 1 is 1.46 bits per heavy atom. The third kappa shape index (κ3) is 2.91. The molecule has 1 aromatic heterocycles. The van der Waals surface area contributed by atoms with Crippen LogP contribution in [-0.2, 0) is 0 Å². The smallest absolute Gasteiger partial charge is 0.128 e. The number of allylic oxidation sites excluding steroid dienone is 3. The molecule has 0 saturated carbocycles. The Kier molecular flexibility index (Phi) is 4.63. The number of rotatable bonds is 4. The van der Waals surface area contributed by atoms with Gasteiger partial charge in [-0.1, -0.05) is 6.08 Å². The predicted molar refractivity (Wildman–Crippen MR) is 96.7 cm³/mol. The summed E-state index contributed by atoms with van der Waals surface area (Å²) in [5.74, 6) is 0.996. The van der Waals surface area contributed by atoms with E-state index in [4.69, 9.17) is 5.73 Å². The monoisotopic (exact) mass is 322 g/mol. The minimum atomic E-state index is 0.358. The lowest BCUT2D eigenvalue weighted by Gasteiger charge is -2.48. The Hall–Kier alpha value is -2.65. The third-order valence-corrected chi connectivity index (χ3v) is 4.61. The van der Waals surface area contributed by atoms with Crippen LogP contribution in [0.3, 0.4) is 0 Å². The van der Waals surface area contributed by atoms with Gasteiger partial charge < -0.3 is 16.0 Å². The molecule has 3 N–H and O–H groups in total. The fourth-order valence-electron chi connectivity index (χ4n) is 3.43. The molecule has 6 nitrogen and oxygen atoms in total. The topological polar surface area (TPSA) is 90.3 Å².